The number of carbonyl (C=O) groups is 3. The van der Waals surface area contributed by atoms with Crippen molar-refractivity contribution in [3.63, 3.8) is 0 Å². The number of nitrogens with one attached hydrogen (secondary N) is 3. The van der Waals surface area contributed by atoms with Gasteiger partial charge in [0, 0.05) is 31.7 Å². The molecule has 2 saturated carbocycles. The molecule has 2 aliphatic carbocycles. The molecule has 1 aromatic heterocycles. The molecule has 37 heavy (non-hydrogen) atoms. The highest BCUT2D eigenvalue weighted by atomic mass is 19.4. The number of carbonyl (C=O) groups excluding carboxylic acids is 1. The van der Waals surface area contributed by atoms with E-state index in [1.807, 2.05) is 0 Å². The molecule has 5 N–H and O–H groups in total. The number of hydrogen-bond acceptors (Lipinski definition) is 6. The molecule has 0 spiro atoms. The van der Waals surface area contributed by atoms with Crippen molar-refractivity contribution in [3.8, 4) is 0 Å². The maximum absolute atomic E-state index is 12.6. The Labute approximate surface area is 208 Å². The highest BCUT2D eigenvalue weighted by molar-refractivity contribution is 5.99. The minimum absolute atomic E-state index is 0.0303. The van der Waals surface area contributed by atoms with Crippen molar-refractivity contribution >= 4 is 23.7 Å². The zero-order valence-corrected chi connectivity index (χ0v) is 19.6. The average Bonchev–Trinajstić information content (AvgIpc) is 3.70. The van der Waals surface area contributed by atoms with Crippen LogP contribution in [0.1, 0.15) is 47.3 Å². The van der Waals surface area contributed by atoms with Gasteiger partial charge in [-0.3, -0.25) is 4.79 Å². The molecule has 0 aromatic carbocycles. The summed E-state index contributed by atoms with van der Waals surface area (Å²) in [6.07, 6.45) is -3.18. The molecule has 2 fully saturated rings. The largest absolute Gasteiger partial charge is 0.490 e. The Balaban J connectivity index is 0.000000286. The summed E-state index contributed by atoms with van der Waals surface area (Å²) in [5.41, 5.74) is 3.10. The molecule has 15 heteroatoms. The molecule has 9 nitrogen and oxygen atoms in total. The summed E-state index contributed by atoms with van der Waals surface area (Å²) in [5.74, 6) is -3.24. The van der Waals surface area contributed by atoms with Gasteiger partial charge in [0.15, 0.2) is 0 Å². The van der Waals surface area contributed by atoms with Crippen molar-refractivity contribution in [3.05, 3.63) is 22.9 Å². The number of halogens is 6. The molecule has 0 saturated heterocycles. The summed E-state index contributed by atoms with van der Waals surface area (Å²) in [4.78, 5) is 35.2. The van der Waals surface area contributed by atoms with Gasteiger partial charge in [0.25, 0.3) is 5.91 Å². The Morgan fingerprint density at radius 3 is 1.86 bits per heavy atom. The third-order valence-electron chi connectivity index (χ3n) is 5.53. The van der Waals surface area contributed by atoms with Crippen molar-refractivity contribution < 1.29 is 50.9 Å². The molecule has 4 rings (SSSR count). The summed E-state index contributed by atoms with van der Waals surface area (Å²) >= 11 is 0. The first-order valence-corrected chi connectivity index (χ1v) is 11.5. The van der Waals surface area contributed by atoms with E-state index >= 15 is 0 Å². The number of rotatable bonds is 6. The van der Waals surface area contributed by atoms with Gasteiger partial charge in [0.05, 0.1) is 5.56 Å². The highest BCUT2D eigenvalue weighted by Gasteiger charge is 2.38. The Bertz CT molecular complexity index is 938. The predicted molar refractivity (Wildman–Crippen MR) is 118 cm³/mol. The Kier molecular flexibility index (Phi) is 10.5. The number of nitrogens with zero attached hydrogens (tertiary/aromatic N) is 1. The van der Waals surface area contributed by atoms with E-state index in [-0.39, 0.29) is 5.91 Å². The SMILES string of the molecule is O=C(NCC1CC1)c1cc2c(nc1NCC1CC1)CCNCC2.O=C(O)C(F)(F)F.O=C(O)C(F)(F)F. The third kappa shape index (κ3) is 11.2. The van der Waals surface area contributed by atoms with Gasteiger partial charge in [0.1, 0.15) is 5.82 Å². The van der Waals surface area contributed by atoms with Crippen molar-refractivity contribution in [2.45, 2.75) is 50.9 Å². The van der Waals surface area contributed by atoms with E-state index in [1.54, 1.807) is 0 Å². The number of carboxylic acid groups (broad SMARTS) is 2. The molecule has 0 bridgehead atoms. The molecular weight excluding hydrogens is 514 g/mol. The Morgan fingerprint density at radius 2 is 1.38 bits per heavy atom. The van der Waals surface area contributed by atoms with Gasteiger partial charge in [-0.1, -0.05) is 0 Å². The van der Waals surface area contributed by atoms with Crippen LogP contribution in [0.25, 0.3) is 0 Å². The second-order valence-electron chi connectivity index (χ2n) is 8.82. The summed E-state index contributed by atoms with van der Waals surface area (Å²) < 4.78 is 63.5. The second kappa shape index (κ2) is 12.9. The molecule has 0 unspecified atom stereocenters. The van der Waals surface area contributed by atoms with Gasteiger partial charge in [-0.15, -0.1) is 0 Å². The monoisotopic (exact) mass is 542 g/mol. The molecule has 1 aliphatic heterocycles. The first-order valence-electron chi connectivity index (χ1n) is 11.5. The van der Waals surface area contributed by atoms with Gasteiger partial charge < -0.3 is 26.2 Å². The first kappa shape index (κ1) is 30.1. The number of aliphatic carboxylic acids is 2. The molecule has 2 heterocycles. The topological polar surface area (TPSA) is 141 Å². The van der Waals surface area contributed by atoms with Crippen molar-refractivity contribution in [2.75, 3.05) is 31.5 Å². The van der Waals surface area contributed by atoms with E-state index in [0.29, 0.717) is 5.92 Å². The van der Waals surface area contributed by atoms with E-state index in [0.717, 1.165) is 62.0 Å². The number of anilines is 1. The van der Waals surface area contributed by atoms with Crippen molar-refractivity contribution in [2.24, 2.45) is 11.8 Å². The van der Waals surface area contributed by atoms with Crippen LogP contribution in [0.5, 0.6) is 0 Å². The van der Waals surface area contributed by atoms with Crippen LogP contribution in [0.15, 0.2) is 6.07 Å². The standard InChI is InChI=1S/C18H26N4O.2C2HF3O2/c23-18(21-11-13-3-4-13)15-9-14-5-7-19-8-6-16(14)22-17(15)20-10-12-1-2-12;2*3-2(4,5)1(6)7/h9,12-13,19H,1-8,10-11H2,(H,20,22)(H,21,23);2*(H,6,7). The molecule has 1 amide bonds. The molecule has 1 aromatic rings. The average molecular weight is 542 g/mol. The Hall–Kier alpha value is -3.10. The van der Waals surface area contributed by atoms with E-state index < -0.39 is 24.3 Å². The molecule has 3 aliphatic rings. The zero-order chi connectivity index (χ0) is 27.8. The van der Waals surface area contributed by atoms with Gasteiger partial charge in [-0.05, 0) is 62.1 Å². The van der Waals surface area contributed by atoms with Crippen LogP contribution in [0, 0.1) is 11.8 Å². The quantitative estimate of drug-likeness (QED) is 0.346. The molecule has 0 radical (unpaired) electrons. The predicted octanol–water partition coefficient (Wildman–Crippen LogP) is 3.00. The maximum Gasteiger partial charge on any atom is 0.490 e. The van der Waals surface area contributed by atoms with Gasteiger partial charge in [-0.2, -0.15) is 26.3 Å². The zero-order valence-electron chi connectivity index (χ0n) is 19.6. The van der Waals surface area contributed by atoms with Crippen LogP contribution in [-0.2, 0) is 22.4 Å². The number of aromatic nitrogens is 1. The second-order valence-corrected chi connectivity index (χ2v) is 8.82. The van der Waals surface area contributed by atoms with Crippen LogP contribution >= 0.6 is 0 Å². The fourth-order valence-corrected chi connectivity index (χ4v) is 3.11. The van der Waals surface area contributed by atoms with Crippen molar-refractivity contribution in [1.82, 2.24) is 15.6 Å². The number of hydrogen-bond donors (Lipinski definition) is 5. The molecule has 0 atom stereocenters. The first-order chi connectivity index (χ1) is 17.2. The lowest BCUT2D eigenvalue weighted by atomic mass is 10.0. The van der Waals surface area contributed by atoms with Crippen LogP contribution in [-0.4, -0.2) is 71.6 Å². The van der Waals surface area contributed by atoms with E-state index in [1.165, 1.54) is 31.2 Å². The summed E-state index contributed by atoms with van der Waals surface area (Å²) in [7, 11) is 0. The Morgan fingerprint density at radius 1 is 0.892 bits per heavy atom. The number of fused-ring (bicyclic) bond motifs is 1. The normalized spacial score (nSPS) is 17.0. The lowest BCUT2D eigenvalue weighted by Crippen LogP contribution is -2.27. The van der Waals surface area contributed by atoms with Gasteiger partial charge in [-0.25, -0.2) is 14.6 Å². The third-order valence-corrected chi connectivity index (χ3v) is 5.53. The van der Waals surface area contributed by atoms with Crippen LogP contribution in [0.2, 0.25) is 0 Å². The number of pyridine rings is 1. The smallest absolute Gasteiger partial charge is 0.475 e. The fourth-order valence-electron chi connectivity index (χ4n) is 3.11. The van der Waals surface area contributed by atoms with Crippen LogP contribution in [0.3, 0.4) is 0 Å². The maximum atomic E-state index is 12.6. The van der Waals surface area contributed by atoms with Crippen LogP contribution < -0.4 is 16.0 Å². The highest BCUT2D eigenvalue weighted by Crippen LogP contribution is 2.30. The minimum Gasteiger partial charge on any atom is -0.475 e. The van der Waals surface area contributed by atoms with E-state index in [4.69, 9.17) is 24.8 Å². The van der Waals surface area contributed by atoms with Gasteiger partial charge >= 0.3 is 24.3 Å². The van der Waals surface area contributed by atoms with Crippen LogP contribution in [0.4, 0.5) is 32.2 Å². The van der Waals surface area contributed by atoms with Gasteiger partial charge in [0.2, 0.25) is 0 Å². The lowest BCUT2D eigenvalue weighted by molar-refractivity contribution is -0.193. The number of alkyl halides is 6. The van der Waals surface area contributed by atoms with Crippen molar-refractivity contribution in [1.29, 1.82) is 0 Å². The minimum atomic E-state index is -5.08. The molecule has 208 valence electrons. The summed E-state index contributed by atoms with van der Waals surface area (Å²) in [5, 5.41) is 24.2. The summed E-state index contributed by atoms with van der Waals surface area (Å²) in [6.45, 7) is 3.68. The number of carboxylic acids is 2. The number of amides is 1. The van der Waals surface area contributed by atoms with E-state index in [2.05, 4.69) is 22.0 Å². The molecular formula is C22H28F6N4O5. The summed E-state index contributed by atoms with van der Waals surface area (Å²) in [6, 6.07) is 2.08. The lowest BCUT2D eigenvalue weighted by Gasteiger charge is -2.15. The fraction of sp³-hybridized carbons (Fsp3) is 0.636. The van der Waals surface area contributed by atoms with E-state index in [9.17, 15) is 31.1 Å².